The number of nitrogens with zero attached hydrogens (tertiary/aromatic N) is 2. The molecule has 2 aromatic carbocycles. The van der Waals surface area contributed by atoms with E-state index in [2.05, 4.69) is 10.6 Å². The highest BCUT2D eigenvalue weighted by Gasteiger charge is 2.32. The molecule has 0 saturated carbocycles. The van der Waals surface area contributed by atoms with Gasteiger partial charge in [-0.1, -0.05) is 54.6 Å². The topological polar surface area (TPSA) is 81.8 Å². The van der Waals surface area contributed by atoms with Crippen molar-refractivity contribution in [3.05, 3.63) is 71.3 Å². The van der Waals surface area contributed by atoms with Crippen molar-refractivity contribution in [1.29, 1.82) is 0 Å². The molecule has 3 rings (SSSR count). The number of urea groups is 1. The van der Waals surface area contributed by atoms with E-state index in [9.17, 15) is 14.4 Å². The first-order valence-electron chi connectivity index (χ1n) is 10.7. The first-order valence-corrected chi connectivity index (χ1v) is 10.7. The Morgan fingerprint density at radius 2 is 1.58 bits per heavy atom. The molecular formula is C24H30N4O3. The van der Waals surface area contributed by atoms with Gasteiger partial charge in [0.1, 0.15) is 6.04 Å². The maximum absolute atomic E-state index is 12.9. The van der Waals surface area contributed by atoms with Gasteiger partial charge >= 0.3 is 6.03 Å². The summed E-state index contributed by atoms with van der Waals surface area (Å²) in [6, 6.07) is 16.3. The maximum Gasteiger partial charge on any atom is 0.321 e. The van der Waals surface area contributed by atoms with E-state index >= 15 is 0 Å². The monoisotopic (exact) mass is 422 g/mol. The molecule has 31 heavy (non-hydrogen) atoms. The number of amides is 4. The van der Waals surface area contributed by atoms with Gasteiger partial charge in [-0.05, 0) is 30.5 Å². The smallest absolute Gasteiger partial charge is 0.321 e. The molecule has 0 aliphatic carbocycles. The molecule has 1 fully saturated rings. The molecule has 0 bridgehead atoms. The minimum atomic E-state index is -0.586. The molecular weight excluding hydrogens is 392 g/mol. The third kappa shape index (κ3) is 5.92. The molecule has 1 heterocycles. The Bertz CT molecular complexity index is 908. The number of hydrogen-bond acceptors (Lipinski definition) is 4. The van der Waals surface area contributed by atoms with E-state index in [1.54, 1.807) is 6.92 Å². The van der Waals surface area contributed by atoms with Crippen LogP contribution in [0.25, 0.3) is 0 Å². The number of aryl methyl sites for hydroxylation is 1. The summed E-state index contributed by atoms with van der Waals surface area (Å²) in [5.41, 5.74) is 2.98. The summed E-state index contributed by atoms with van der Waals surface area (Å²) in [4.78, 5) is 41.5. The van der Waals surface area contributed by atoms with Crippen LogP contribution in [-0.2, 0) is 16.0 Å². The van der Waals surface area contributed by atoms with Crippen LogP contribution in [0.2, 0.25) is 0 Å². The van der Waals surface area contributed by atoms with Crippen LogP contribution < -0.4 is 10.6 Å². The van der Waals surface area contributed by atoms with Gasteiger partial charge in [-0.2, -0.15) is 0 Å². The van der Waals surface area contributed by atoms with Crippen LogP contribution >= 0.6 is 0 Å². The minimum Gasteiger partial charge on any atom is -0.340 e. The van der Waals surface area contributed by atoms with Crippen molar-refractivity contribution in [2.75, 3.05) is 32.7 Å². The molecule has 4 amide bonds. The van der Waals surface area contributed by atoms with Crippen LogP contribution in [0.4, 0.5) is 4.79 Å². The van der Waals surface area contributed by atoms with Crippen molar-refractivity contribution in [2.45, 2.75) is 26.3 Å². The molecule has 2 aromatic rings. The fourth-order valence-corrected chi connectivity index (χ4v) is 3.86. The molecule has 1 aliphatic rings. The summed E-state index contributed by atoms with van der Waals surface area (Å²) in [5, 5.41) is 5.03. The molecule has 0 aromatic heterocycles. The SMILES string of the molecule is CCNC(=O)NC(=O)C(c1ccccc1)N1CCN(C(=O)Cc2ccccc2C)CC1. The number of imide groups is 1. The van der Waals surface area contributed by atoms with Crippen LogP contribution in [0, 0.1) is 6.92 Å². The predicted octanol–water partition coefficient (Wildman–Crippen LogP) is 2.27. The standard InChI is InChI=1S/C24H30N4O3/c1-3-25-24(31)26-23(30)22(19-10-5-4-6-11-19)28-15-13-27(14-16-28)21(29)17-20-12-8-7-9-18(20)2/h4-12,22H,3,13-17H2,1-2H3,(H2,25,26,30,31). The second-order valence-electron chi connectivity index (χ2n) is 7.68. The largest absolute Gasteiger partial charge is 0.340 e. The van der Waals surface area contributed by atoms with Gasteiger partial charge in [-0.25, -0.2) is 4.79 Å². The van der Waals surface area contributed by atoms with Gasteiger partial charge in [-0.15, -0.1) is 0 Å². The fourth-order valence-electron chi connectivity index (χ4n) is 3.86. The highest BCUT2D eigenvalue weighted by atomic mass is 16.2. The number of benzene rings is 2. The van der Waals surface area contributed by atoms with Crippen LogP contribution in [0.5, 0.6) is 0 Å². The first-order chi connectivity index (χ1) is 15.0. The van der Waals surface area contributed by atoms with Crippen molar-refractivity contribution < 1.29 is 14.4 Å². The van der Waals surface area contributed by atoms with Gasteiger partial charge in [0.2, 0.25) is 11.8 Å². The van der Waals surface area contributed by atoms with E-state index in [4.69, 9.17) is 0 Å². The third-order valence-electron chi connectivity index (χ3n) is 5.57. The van der Waals surface area contributed by atoms with E-state index in [0.717, 1.165) is 16.7 Å². The predicted molar refractivity (Wildman–Crippen MR) is 119 cm³/mol. The van der Waals surface area contributed by atoms with Gasteiger partial charge in [0.05, 0.1) is 6.42 Å². The lowest BCUT2D eigenvalue weighted by atomic mass is 10.0. The van der Waals surface area contributed by atoms with Crippen molar-refractivity contribution >= 4 is 17.8 Å². The van der Waals surface area contributed by atoms with Gasteiger partial charge in [0.25, 0.3) is 0 Å². The molecule has 2 N–H and O–H groups in total. The van der Waals surface area contributed by atoms with E-state index in [1.165, 1.54) is 0 Å². The molecule has 1 saturated heterocycles. The Kier molecular flexibility index (Phi) is 7.78. The molecule has 7 heteroatoms. The number of hydrogen-bond donors (Lipinski definition) is 2. The number of piperazine rings is 1. The zero-order valence-electron chi connectivity index (χ0n) is 18.1. The lowest BCUT2D eigenvalue weighted by molar-refractivity contribution is -0.133. The zero-order chi connectivity index (χ0) is 22.2. The Morgan fingerprint density at radius 3 is 2.23 bits per heavy atom. The van der Waals surface area contributed by atoms with Gasteiger partial charge in [0, 0.05) is 32.7 Å². The van der Waals surface area contributed by atoms with Gasteiger partial charge in [-0.3, -0.25) is 19.8 Å². The van der Waals surface area contributed by atoms with Crippen LogP contribution in [0.3, 0.4) is 0 Å². The third-order valence-corrected chi connectivity index (χ3v) is 5.57. The van der Waals surface area contributed by atoms with E-state index < -0.39 is 12.1 Å². The Morgan fingerprint density at radius 1 is 0.935 bits per heavy atom. The van der Waals surface area contributed by atoms with Crippen molar-refractivity contribution in [1.82, 2.24) is 20.4 Å². The van der Waals surface area contributed by atoms with Crippen LogP contribution in [0.15, 0.2) is 54.6 Å². The summed E-state index contributed by atoms with van der Waals surface area (Å²) in [7, 11) is 0. The van der Waals surface area contributed by atoms with Crippen LogP contribution in [-0.4, -0.2) is 60.4 Å². The summed E-state index contributed by atoms with van der Waals surface area (Å²) in [5.74, 6) is -0.270. The fraction of sp³-hybridized carbons (Fsp3) is 0.375. The molecule has 1 aliphatic heterocycles. The van der Waals surface area contributed by atoms with E-state index in [-0.39, 0.29) is 11.8 Å². The van der Waals surface area contributed by atoms with Gasteiger partial charge < -0.3 is 10.2 Å². The summed E-state index contributed by atoms with van der Waals surface area (Å²) < 4.78 is 0. The zero-order valence-corrected chi connectivity index (χ0v) is 18.1. The highest BCUT2D eigenvalue weighted by molar-refractivity contribution is 5.97. The number of carbonyl (C=O) groups excluding carboxylic acids is 3. The Balaban J connectivity index is 1.66. The van der Waals surface area contributed by atoms with E-state index in [0.29, 0.717) is 39.1 Å². The molecule has 1 unspecified atom stereocenters. The number of carbonyl (C=O) groups is 3. The Hall–Kier alpha value is -3.19. The summed E-state index contributed by atoms with van der Waals surface area (Å²) in [6.07, 6.45) is 0.381. The number of rotatable bonds is 6. The summed E-state index contributed by atoms with van der Waals surface area (Å²) >= 11 is 0. The van der Waals surface area contributed by atoms with Crippen molar-refractivity contribution in [3.63, 3.8) is 0 Å². The van der Waals surface area contributed by atoms with Gasteiger partial charge in [0.15, 0.2) is 0 Å². The Labute approximate surface area is 183 Å². The second-order valence-corrected chi connectivity index (χ2v) is 7.68. The molecule has 1 atom stereocenters. The summed E-state index contributed by atoms with van der Waals surface area (Å²) in [6.45, 7) is 6.45. The first kappa shape index (κ1) is 22.5. The maximum atomic E-state index is 12.9. The normalized spacial score (nSPS) is 15.2. The van der Waals surface area contributed by atoms with E-state index in [1.807, 2.05) is 71.3 Å². The minimum absolute atomic E-state index is 0.0944. The van der Waals surface area contributed by atoms with Crippen molar-refractivity contribution in [2.24, 2.45) is 0 Å². The highest BCUT2D eigenvalue weighted by Crippen LogP contribution is 2.23. The van der Waals surface area contributed by atoms with Crippen LogP contribution in [0.1, 0.15) is 29.7 Å². The lowest BCUT2D eigenvalue weighted by Crippen LogP contribution is -2.53. The van der Waals surface area contributed by atoms with Crippen molar-refractivity contribution in [3.8, 4) is 0 Å². The quantitative estimate of drug-likeness (QED) is 0.748. The molecule has 0 spiro atoms. The number of nitrogens with one attached hydrogen (secondary N) is 2. The second kappa shape index (κ2) is 10.7. The average Bonchev–Trinajstić information content (AvgIpc) is 2.77. The molecule has 164 valence electrons. The molecule has 0 radical (unpaired) electrons. The lowest BCUT2D eigenvalue weighted by Gasteiger charge is -2.38. The average molecular weight is 423 g/mol. The molecule has 7 nitrogen and oxygen atoms in total.